The summed E-state index contributed by atoms with van der Waals surface area (Å²) in [6.07, 6.45) is -4.82. The third-order valence-electron chi connectivity index (χ3n) is 4.37. The zero-order chi connectivity index (χ0) is 22.8. The number of fused-ring (bicyclic) bond motifs is 1. The van der Waals surface area contributed by atoms with E-state index in [2.05, 4.69) is 10.1 Å². The van der Waals surface area contributed by atoms with Crippen molar-refractivity contribution in [2.45, 2.75) is 25.6 Å². The predicted octanol–water partition coefficient (Wildman–Crippen LogP) is 1.30. The SMILES string of the molecule is COc1c(OC[C@](C)(N)NC(=O)c2ccc(OC(F)(F)F)cc2)ccc2c1B(O)OC2. The summed E-state index contributed by atoms with van der Waals surface area (Å²) >= 11 is 0. The predicted molar refractivity (Wildman–Crippen MR) is 104 cm³/mol. The Hall–Kier alpha value is -2.96. The van der Waals surface area contributed by atoms with Gasteiger partial charge in [0.2, 0.25) is 0 Å². The van der Waals surface area contributed by atoms with Crippen LogP contribution in [0.1, 0.15) is 22.8 Å². The molecular weight excluding hydrogens is 420 g/mol. The van der Waals surface area contributed by atoms with Crippen molar-refractivity contribution in [1.29, 1.82) is 0 Å². The van der Waals surface area contributed by atoms with Gasteiger partial charge < -0.3 is 34.9 Å². The Morgan fingerprint density at radius 2 is 1.94 bits per heavy atom. The minimum Gasteiger partial charge on any atom is -0.493 e. The van der Waals surface area contributed by atoms with E-state index in [4.69, 9.17) is 19.9 Å². The summed E-state index contributed by atoms with van der Waals surface area (Å²) in [6.45, 7) is 1.58. The lowest BCUT2D eigenvalue weighted by atomic mass is 9.78. The zero-order valence-electron chi connectivity index (χ0n) is 16.7. The van der Waals surface area contributed by atoms with Crippen LogP contribution in [0.2, 0.25) is 0 Å². The molecule has 0 aliphatic carbocycles. The number of benzene rings is 2. The number of hydrogen-bond acceptors (Lipinski definition) is 7. The molecule has 0 saturated heterocycles. The van der Waals surface area contributed by atoms with Gasteiger partial charge in [0.15, 0.2) is 11.5 Å². The highest BCUT2D eigenvalue weighted by atomic mass is 19.4. The molecule has 1 amide bonds. The molecule has 8 nitrogen and oxygen atoms in total. The standard InChI is InChI=1S/C19H20BF3N2O6/c1-18(24,25-17(26)11-3-6-13(7-4-11)31-19(21,22)23)10-29-14-8-5-12-9-30-20(27)15(12)16(14)28-2/h3-8,27H,9-10,24H2,1-2H3,(H,25,26)/t18-/m1/s1. The normalized spacial score (nSPS) is 15.1. The summed E-state index contributed by atoms with van der Waals surface area (Å²) < 4.78 is 56.7. The van der Waals surface area contributed by atoms with Crippen LogP contribution < -0.4 is 30.7 Å². The lowest BCUT2D eigenvalue weighted by molar-refractivity contribution is -0.274. The average Bonchev–Trinajstić information content (AvgIpc) is 3.06. The lowest BCUT2D eigenvalue weighted by Gasteiger charge is -2.27. The Balaban J connectivity index is 1.64. The summed E-state index contributed by atoms with van der Waals surface area (Å²) in [6, 6.07) is 7.76. The van der Waals surface area contributed by atoms with Gasteiger partial charge in [-0.05, 0) is 42.8 Å². The third-order valence-corrected chi connectivity index (χ3v) is 4.37. The number of halogens is 3. The number of carbonyl (C=O) groups excluding carboxylic acids is 1. The molecule has 0 aromatic heterocycles. The first-order valence-electron chi connectivity index (χ1n) is 9.08. The van der Waals surface area contributed by atoms with Gasteiger partial charge in [-0.1, -0.05) is 6.07 Å². The van der Waals surface area contributed by atoms with Crippen molar-refractivity contribution in [2.75, 3.05) is 13.7 Å². The van der Waals surface area contributed by atoms with E-state index in [0.29, 0.717) is 17.0 Å². The Morgan fingerprint density at radius 3 is 2.55 bits per heavy atom. The highest BCUT2D eigenvalue weighted by molar-refractivity contribution is 6.62. The number of amides is 1. The molecule has 1 aliphatic heterocycles. The highest BCUT2D eigenvalue weighted by Crippen LogP contribution is 2.30. The monoisotopic (exact) mass is 440 g/mol. The number of nitrogens with one attached hydrogen (secondary N) is 1. The maximum Gasteiger partial charge on any atom is 0.573 e. The van der Waals surface area contributed by atoms with Gasteiger partial charge in [-0.15, -0.1) is 13.2 Å². The molecule has 0 bridgehead atoms. The quantitative estimate of drug-likeness (QED) is 0.440. The fourth-order valence-electron chi connectivity index (χ4n) is 3.00. The molecule has 3 rings (SSSR count). The topological polar surface area (TPSA) is 112 Å². The maximum atomic E-state index is 12.4. The zero-order valence-corrected chi connectivity index (χ0v) is 16.7. The molecule has 0 fully saturated rings. The smallest absolute Gasteiger partial charge is 0.493 e. The Morgan fingerprint density at radius 1 is 1.26 bits per heavy atom. The molecule has 2 aromatic rings. The van der Waals surface area contributed by atoms with E-state index in [-0.39, 0.29) is 18.8 Å². The number of rotatable bonds is 7. The van der Waals surface area contributed by atoms with Crippen LogP contribution in [-0.4, -0.2) is 43.8 Å². The van der Waals surface area contributed by atoms with Gasteiger partial charge in [-0.25, -0.2) is 0 Å². The van der Waals surface area contributed by atoms with Crippen LogP contribution in [0, 0.1) is 0 Å². The molecule has 1 heterocycles. The largest absolute Gasteiger partial charge is 0.573 e. The first-order chi connectivity index (χ1) is 14.5. The second-order valence-corrected chi connectivity index (χ2v) is 7.07. The first-order valence-corrected chi connectivity index (χ1v) is 9.08. The Kier molecular flexibility index (Phi) is 6.34. The molecule has 1 aliphatic rings. The fraction of sp³-hybridized carbons (Fsp3) is 0.316. The van der Waals surface area contributed by atoms with Crippen LogP contribution in [0.15, 0.2) is 36.4 Å². The fourth-order valence-corrected chi connectivity index (χ4v) is 3.00. The van der Waals surface area contributed by atoms with E-state index in [1.165, 1.54) is 26.2 Å². The van der Waals surface area contributed by atoms with Gasteiger partial charge >= 0.3 is 13.5 Å². The van der Waals surface area contributed by atoms with E-state index in [9.17, 15) is 23.0 Å². The number of carbonyl (C=O) groups is 1. The molecule has 0 saturated carbocycles. The van der Waals surface area contributed by atoms with E-state index >= 15 is 0 Å². The molecule has 0 spiro atoms. The van der Waals surface area contributed by atoms with Crippen molar-refractivity contribution in [3.8, 4) is 17.2 Å². The number of hydrogen-bond donors (Lipinski definition) is 3. The van der Waals surface area contributed by atoms with Gasteiger partial charge in [-0.3, -0.25) is 4.79 Å². The second-order valence-electron chi connectivity index (χ2n) is 7.07. The number of methoxy groups -OCH3 is 1. The van der Waals surface area contributed by atoms with Crippen LogP contribution in [0.4, 0.5) is 13.2 Å². The van der Waals surface area contributed by atoms with Crippen LogP contribution in [0.3, 0.4) is 0 Å². The van der Waals surface area contributed by atoms with Gasteiger partial charge in [-0.2, -0.15) is 0 Å². The molecule has 0 radical (unpaired) electrons. The van der Waals surface area contributed by atoms with Crippen LogP contribution in [0.25, 0.3) is 0 Å². The molecule has 1 atom stereocenters. The van der Waals surface area contributed by atoms with Crippen molar-refractivity contribution < 1.29 is 41.9 Å². The minimum atomic E-state index is -4.82. The summed E-state index contributed by atoms with van der Waals surface area (Å²) in [7, 11) is 0.282. The molecule has 4 N–H and O–H groups in total. The maximum absolute atomic E-state index is 12.4. The van der Waals surface area contributed by atoms with Crippen LogP contribution >= 0.6 is 0 Å². The first kappa shape index (κ1) is 22.7. The van der Waals surface area contributed by atoms with E-state index in [1.807, 2.05) is 0 Å². The molecule has 12 heteroatoms. The average molecular weight is 440 g/mol. The van der Waals surface area contributed by atoms with E-state index < -0.39 is 30.8 Å². The molecule has 31 heavy (non-hydrogen) atoms. The number of alkyl halides is 3. The summed E-state index contributed by atoms with van der Waals surface area (Å²) in [4.78, 5) is 12.4. The summed E-state index contributed by atoms with van der Waals surface area (Å²) in [5.41, 5.74) is 6.08. The minimum absolute atomic E-state index is 0.0848. The van der Waals surface area contributed by atoms with E-state index in [0.717, 1.165) is 17.7 Å². The van der Waals surface area contributed by atoms with Crippen molar-refractivity contribution in [2.24, 2.45) is 5.73 Å². The number of nitrogens with two attached hydrogens (primary N) is 1. The molecule has 2 aromatic carbocycles. The van der Waals surface area contributed by atoms with Gasteiger partial charge in [0, 0.05) is 11.0 Å². The molecular formula is C19H20BF3N2O6. The Labute approximate surface area is 176 Å². The van der Waals surface area contributed by atoms with Crippen molar-refractivity contribution >= 4 is 18.5 Å². The van der Waals surface area contributed by atoms with Crippen molar-refractivity contribution in [3.63, 3.8) is 0 Å². The van der Waals surface area contributed by atoms with Crippen molar-refractivity contribution in [3.05, 3.63) is 47.5 Å². The molecule has 166 valence electrons. The van der Waals surface area contributed by atoms with Gasteiger partial charge in [0.05, 0.1) is 13.7 Å². The lowest BCUT2D eigenvalue weighted by Crippen LogP contribution is -2.57. The summed E-state index contributed by atoms with van der Waals surface area (Å²) in [5, 5.41) is 12.5. The molecule has 0 unspecified atom stereocenters. The number of ether oxygens (including phenoxy) is 3. The van der Waals surface area contributed by atoms with E-state index in [1.54, 1.807) is 12.1 Å². The van der Waals surface area contributed by atoms with Crippen molar-refractivity contribution in [1.82, 2.24) is 5.32 Å². The van der Waals surface area contributed by atoms with Crippen LogP contribution in [-0.2, 0) is 11.3 Å². The second kappa shape index (κ2) is 8.65. The van der Waals surface area contributed by atoms with Gasteiger partial charge in [0.25, 0.3) is 5.91 Å². The third kappa shape index (κ3) is 5.60. The Bertz CT molecular complexity index is 953. The summed E-state index contributed by atoms with van der Waals surface area (Å²) in [5.74, 6) is -0.468. The highest BCUT2D eigenvalue weighted by Gasteiger charge is 2.34. The van der Waals surface area contributed by atoms with Crippen LogP contribution in [0.5, 0.6) is 17.2 Å². The van der Waals surface area contributed by atoms with Gasteiger partial charge in [0.1, 0.15) is 18.0 Å².